The van der Waals surface area contributed by atoms with Crippen molar-refractivity contribution in [2.24, 2.45) is 0 Å². The van der Waals surface area contributed by atoms with E-state index in [4.69, 9.17) is 0 Å². The summed E-state index contributed by atoms with van der Waals surface area (Å²) in [4.78, 5) is 35.8. The number of anilines is 1. The number of nitrogens with one attached hydrogen (secondary N) is 1. The van der Waals surface area contributed by atoms with Gasteiger partial charge in [-0.25, -0.2) is 9.37 Å². The van der Waals surface area contributed by atoms with Crippen molar-refractivity contribution in [2.75, 3.05) is 18.4 Å². The van der Waals surface area contributed by atoms with E-state index in [1.807, 2.05) is 22.5 Å². The van der Waals surface area contributed by atoms with E-state index in [1.165, 1.54) is 24.3 Å². The molecular formula is C23H24FN5O2. The third kappa shape index (κ3) is 4.63. The molecule has 1 saturated heterocycles. The van der Waals surface area contributed by atoms with Gasteiger partial charge in [0.25, 0.3) is 11.8 Å². The number of hydrogen-bond donors (Lipinski definition) is 1. The predicted molar refractivity (Wildman–Crippen MR) is 114 cm³/mol. The van der Waals surface area contributed by atoms with Crippen molar-refractivity contribution in [3.8, 4) is 0 Å². The summed E-state index contributed by atoms with van der Waals surface area (Å²) in [6.45, 7) is 3.97. The fourth-order valence-corrected chi connectivity index (χ4v) is 3.83. The number of amides is 2. The van der Waals surface area contributed by atoms with Gasteiger partial charge in [0.05, 0.1) is 18.1 Å². The van der Waals surface area contributed by atoms with E-state index in [0.29, 0.717) is 36.6 Å². The third-order valence-electron chi connectivity index (χ3n) is 5.55. The highest BCUT2D eigenvalue weighted by Gasteiger charge is 2.27. The monoisotopic (exact) mass is 421 g/mol. The molecule has 2 aromatic heterocycles. The average Bonchev–Trinajstić information content (AvgIpc) is 3.29. The van der Waals surface area contributed by atoms with Crippen LogP contribution in [0.5, 0.6) is 0 Å². The van der Waals surface area contributed by atoms with Crippen molar-refractivity contribution < 1.29 is 14.0 Å². The van der Waals surface area contributed by atoms with Crippen molar-refractivity contribution in [2.45, 2.75) is 32.2 Å². The summed E-state index contributed by atoms with van der Waals surface area (Å²) in [5.41, 5.74) is 2.40. The molecule has 1 aromatic carbocycles. The molecule has 2 amide bonds. The van der Waals surface area contributed by atoms with E-state index in [9.17, 15) is 14.0 Å². The molecule has 0 spiro atoms. The zero-order chi connectivity index (χ0) is 21.8. The Labute approximate surface area is 179 Å². The summed E-state index contributed by atoms with van der Waals surface area (Å²) in [6.07, 6.45) is 6.66. The standard InChI is InChI=1S/C23H24FN5O2/c1-2-28-15-25-13-21(28)23(31)29-11-3-4-17(14-29)20-10-5-16(12-26-20)22(30)27-19-8-6-18(24)7-9-19/h5-10,12-13,15,17H,2-4,11,14H2,1H3,(H,27,30)/t17-/m1/s1. The van der Waals surface area contributed by atoms with Crippen molar-refractivity contribution in [3.05, 3.63) is 77.9 Å². The molecule has 7 nitrogen and oxygen atoms in total. The molecule has 3 aromatic rings. The van der Waals surface area contributed by atoms with Crippen LogP contribution in [-0.4, -0.2) is 44.3 Å². The molecule has 0 radical (unpaired) electrons. The molecule has 1 atom stereocenters. The first-order valence-corrected chi connectivity index (χ1v) is 10.4. The summed E-state index contributed by atoms with van der Waals surface area (Å²) in [7, 11) is 0. The number of likely N-dealkylation sites (tertiary alicyclic amines) is 1. The second-order valence-electron chi connectivity index (χ2n) is 7.59. The zero-order valence-electron chi connectivity index (χ0n) is 17.3. The maximum Gasteiger partial charge on any atom is 0.272 e. The van der Waals surface area contributed by atoms with E-state index in [-0.39, 0.29) is 23.5 Å². The lowest BCUT2D eigenvalue weighted by atomic mass is 9.93. The topological polar surface area (TPSA) is 80.1 Å². The summed E-state index contributed by atoms with van der Waals surface area (Å²) >= 11 is 0. The first-order valence-electron chi connectivity index (χ1n) is 10.4. The maximum absolute atomic E-state index is 13.0. The number of rotatable bonds is 5. The lowest BCUT2D eigenvalue weighted by molar-refractivity contribution is 0.0695. The van der Waals surface area contributed by atoms with Crippen LogP contribution in [0.2, 0.25) is 0 Å². The van der Waals surface area contributed by atoms with Gasteiger partial charge in [-0.05, 0) is 56.2 Å². The van der Waals surface area contributed by atoms with Gasteiger partial charge in [0, 0.05) is 43.1 Å². The van der Waals surface area contributed by atoms with E-state index in [0.717, 1.165) is 18.5 Å². The number of benzene rings is 1. The van der Waals surface area contributed by atoms with Crippen LogP contribution in [0, 0.1) is 5.82 Å². The van der Waals surface area contributed by atoms with E-state index in [1.54, 1.807) is 24.8 Å². The van der Waals surface area contributed by atoms with Crippen molar-refractivity contribution in [3.63, 3.8) is 0 Å². The van der Waals surface area contributed by atoms with E-state index < -0.39 is 0 Å². The number of aromatic nitrogens is 3. The minimum absolute atomic E-state index is 0.0145. The molecular weight excluding hydrogens is 397 g/mol. The highest BCUT2D eigenvalue weighted by molar-refractivity contribution is 6.04. The molecule has 1 aliphatic rings. The second kappa shape index (κ2) is 9.07. The summed E-state index contributed by atoms with van der Waals surface area (Å²) in [6, 6.07) is 9.17. The molecule has 0 unspecified atom stereocenters. The zero-order valence-corrected chi connectivity index (χ0v) is 17.3. The molecule has 3 heterocycles. The molecule has 1 aliphatic heterocycles. The Balaban J connectivity index is 1.42. The predicted octanol–water partition coefficient (Wildman–Crippen LogP) is 3.71. The average molecular weight is 421 g/mol. The first kappa shape index (κ1) is 20.7. The number of aryl methyl sites for hydroxylation is 1. The van der Waals surface area contributed by atoms with Gasteiger partial charge >= 0.3 is 0 Å². The Kier molecular flexibility index (Phi) is 6.06. The quantitative estimate of drug-likeness (QED) is 0.681. The Bertz CT molecular complexity index is 1060. The summed E-state index contributed by atoms with van der Waals surface area (Å²) in [5.74, 6) is -0.564. The van der Waals surface area contributed by atoms with Crippen LogP contribution in [0.4, 0.5) is 10.1 Å². The Morgan fingerprint density at radius 3 is 2.68 bits per heavy atom. The molecule has 0 aliphatic carbocycles. The number of halogens is 1. The number of nitrogens with zero attached hydrogens (tertiary/aromatic N) is 4. The summed E-state index contributed by atoms with van der Waals surface area (Å²) in [5, 5.41) is 2.73. The third-order valence-corrected chi connectivity index (χ3v) is 5.55. The second-order valence-corrected chi connectivity index (χ2v) is 7.59. The van der Waals surface area contributed by atoms with Crippen LogP contribution in [0.25, 0.3) is 0 Å². The highest BCUT2D eigenvalue weighted by atomic mass is 19.1. The normalized spacial score (nSPS) is 16.2. The van der Waals surface area contributed by atoms with Crippen molar-refractivity contribution in [1.82, 2.24) is 19.4 Å². The lowest BCUT2D eigenvalue weighted by Crippen LogP contribution is -2.40. The van der Waals surface area contributed by atoms with Crippen molar-refractivity contribution >= 4 is 17.5 Å². The fourth-order valence-electron chi connectivity index (χ4n) is 3.83. The Hall–Kier alpha value is -3.55. The van der Waals surface area contributed by atoms with Crippen LogP contribution < -0.4 is 5.32 Å². The highest BCUT2D eigenvalue weighted by Crippen LogP contribution is 2.27. The minimum Gasteiger partial charge on any atom is -0.337 e. The largest absolute Gasteiger partial charge is 0.337 e. The molecule has 160 valence electrons. The van der Waals surface area contributed by atoms with Crippen LogP contribution in [-0.2, 0) is 6.54 Å². The minimum atomic E-state index is -0.358. The molecule has 8 heteroatoms. The van der Waals surface area contributed by atoms with Gasteiger partial charge < -0.3 is 14.8 Å². The number of imidazole rings is 1. The van der Waals surface area contributed by atoms with Crippen LogP contribution >= 0.6 is 0 Å². The van der Waals surface area contributed by atoms with Gasteiger partial charge in [-0.1, -0.05) is 0 Å². The molecule has 1 fully saturated rings. The van der Waals surface area contributed by atoms with Crippen LogP contribution in [0.3, 0.4) is 0 Å². The van der Waals surface area contributed by atoms with Gasteiger partial charge in [-0.3, -0.25) is 14.6 Å². The molecule has 31 heavy (non-hydrogen) atoms. The van der Waals surface area contributed by atoms with E-state index >= 15 is 0 Å². The van der Waals surface area contributed by atoms with Gasteiger partial charge in [0.1, 0.15) is 11.5 Å². The fraction of sp³-hybridized carbons (Fsp3) is 0.304. The van der Waals surface area contributed by atoms with Gasteiger partial charge in [0.15, 0.2) is 0 Å². The maximum atomic E-state index is 13.0. The Morgan fingerprint density at radius 1 is 1.16 bits per heavy atom. The number of carbonyl (C=O) groups excluding carboxylic acids is 2. The first-order chi connectivity index (χ1) is 15.0. The van der Waals surface area contributed by atoms with Crippen LogP contribution in [0.15, 0.2) is 55.1 Å². The number of pyridine rings is 1. The van der Waals surface area contributed by atoms with Gasteiger partial charge in [-0.15, -0.1) is 0 Å². The molecule has 4 rings (SSSR count). The number of carbonyl (C=O) groups is 2. The summed E-state index contributed by atoms with van der Waals surface area (Å²) < 4.78 is 14.9. The number of hydrogen-bond acceptors (Lipinski definition) is 4. The van der Waals surface area contributed by atoms with Gasteiger partial charge in [-0.2, -0.15) is 0 Å². The molecule has 0 saturated carbocycles. The van der Waals surface area contributed by atoms with Crippen LogP contribution in [0.1, 0.15) is 52.2 Å². The Morgan fingerprint density at radius 2 is 1.97 bits per heavy atom. The van der Waals surface area contributed by atoms with Gasteiger partial charge in [0.2, 0.25) is 0 Å². The lowest BCUT2D eigenvalue weighted by Gasteiger charge is -2.32. The molecule has 0 bridgehead atoms. The molecule has 1 N–H and O–H groups in total. The van der Waals surface area contributed by atoms with E-state index in [2.05, 4.69) is 15.3 Å². The SMILES string of the molecule is CCn1cncc1C(=O)N1CCC[C@@H](c2ccc(C(=O)Nc3ccc(F)cc3)cn2)C1. The number of piperidine rings is 1. The smallest absolute Gasteiger partial charge is 0.272 e. The van der Waals surface area contributed by atoms with Crippen molar-refractivity contribution in [1.29, 1.82) is 0 Å².